The molecule has 1 N–H and O–H groups in total. The quantitative estimate of drug-likeness (QED) is 0.746. The Hall–Kier alpha value is -2.90. The molecule has 0 aliphatic heterocycles. The van der Waals surface area contributed by atoms with E-state index in [0.29, 0.717) is 0 Å². The number of fused-ring (bicyclic) bond motifs is 1. The standard InChI is InChI=1S/C20H17F3N4O/c21-20(22,23)18-9-19(10-18,11-18)26-17(28)7-13-1-3-14(4-2-13)15-5-6-27-16(8-15)24-12-25-27/h1-6,8,12H,7,9-11H2,(H,26,28). The number of rotatable bonds is 4. The molecule has 1 aromatic carbocycles. The molecule has 2 bridgehead atoms. The third-order valence-electron chi connectivity index (χ3n) is 5.97. The van der Waals surface area contributed by atoms with Crippen LogP contribution >= 0.6 is 0 Å². The first-order chi connectivity index (χ1) is 13.3. The fourth-order valence-electron chi connectivity index (χ4n) is 4.56. The molecule has 6 rings (SSSR count). The largest absolute Gasteiger partial charge is 0.394 e. The van der Waals surface area contributed by atoms with Crippen molar-refractivity contribution in [2.75, 3.05) is 0 Å². The summed E-state index contributed by atoms with van der Waals surface area (Å²) in [7, 11) is 0. The van der Waals surface area contributed by atoms with Crippen LogP contribution in [0.5, 0.6) is 0 Å². The van der Waals surface area contributed by atoms with E-state index in [4.69, 9.17) is 0 Å². The zero-order valence-corrected chi connectivity index (χ0v) is 14.8. The van der Waals surface area contributed by atoms with E-state index in [-0.39, 0.29) is 31.6 Å². The number of benzene rings is 1. The lowest BCUT2D eigenvalue weighted by molar-refractivity contribution is -0.337. The molecular formula is C20H17F3N4O. The number of nitrogens with one attached hydrogen (secondary N) is 1. The second kappa shape index (κ2) is 5.56. The minimum Gasteiger partial charge on any atom is -0.350 e. The number of aromatic nitrogens is 3. The maximum atomic E-state index is 12.9. The van der Waals surface area contributed by atoms with Crippen molar-refractivity contribution < 1.29 is 18.0 Å². The molecule has 3 aromatic rings. The molecule has 2 heterocycles. The number of carbonyl (C=O) groups is 1. The average molecular weight is 386 g/mol. The van der Waals surface area contributed by atoms with Crippen molar-refractivity contribution in [2.45, 2.75) is 37.4 Å². The van der Waals surface area contributed by atoms with E-state index >= 15 is 0 Å². The molecule has 0 radical (unpaired) electrons. The van der Waals surface area contributed by atoms with Gasteiger partial charge in [-0.05, 0) is 48.1 Å². The third-order valence-corrected chi connectivity index (χ3v) is 5.97. The number of halogens is 3. The molecule has 5 nitrogen and oxygen atoms in total. The molecule has 3 saturated carbocycles. The monoisotopic (exact) mass is 386 g/mol. The summed E-state index contributed by atoms with van der Waals surface area (Å²) in [5, 5.41) is 6.87. The van der Waals surface area contributed by atoms with Gasteiger partial charge in [-0.2, -0.15) is 18.3 Å². The van der Waals surface area contributed by atoms with Gasteiger partial charge in [0, 0.05) is 11.7 Å². The van der Waals surface area contributed by atoms with Crippen LogP contribution in [0, 0.1) is 5.41 Å². The normalized spacial score (nSPS) is 25.8. The summed E-state index contributed by atoms with van der Waals surface area (Å²) >= 11 is 0. The van der Waals surface area contributed by atoms with Gasteiger partial charge in [0.15, 0.2) is 5.65 Å². The van der Waals surface area contributed by atoms with Crippen molar-refractivity contribution in [2.24, 2.45) is 5.41 Å². The van der Waals surface area contributed by atoms with Crippen LogP contribution in [0.4, 0.5) is 13.2 Å². The first-order valence-corrected chi connectivity index (χ1v) is 9.04. The van der Waals surface area contributed by atoms with Gasteiger partial charge >= 0.3 is 6.18 Å². The second-order valence-electron chi connectivity index (χ2n) is 7.99. The summed E-state index contributed by atoms with van der Waals surface area (Å²) in [5.74, 6) is -0.229. The molecule has 3 aliphatic rings. The molecular weight excluding hydrogens is 369 g/mol. The predicted octanol–water partition coefficient (Wildman–Crippen LogP) is 3.54. The third kappa shape index (κ3) is 2.58. The Balaban J connectivity index is 1.22. The number of alkyl halides is 3. The van der Waals surface area contributed by atoms with Crippen molar-refractivity contribution in [3.05, 3.63) is 54.5 Å². The van der Waals surface area contributed by atoms with E-state index in [9.17, 15) is 18.0 Å². The number of pyridine rings is 1. The van der Waals surface area contributed by atoms with Crippen molar-refractivity contribution in [3.8, 4) is 11.1 Å². The van der Waals surface area contributed by atoms with E-state index < -0.39 is 17.1 Å². The maximum absolute atomic E-state index is 12.9. The van der Waals surface area contributed by atoms with E-state index in [0.717, 1.165) is 22.3 Å². The zero-order valence-electron chi connectivity index (χ0n) is 14.8. The van der Waals surface area contributed by atoms with Crippen LogP contribution in [0.1, 0.15) is 24.8 Å². The van der Waals surface area contributed by atoms with Crippen LogP contribution in [0.2, 0.25) is 0 Å². The molecule has 0 unspecified atom stereocenters. The summed E-state index contributed by atoms with van der Waals surface area (Å²) in [6.45, 7) is 0. The first-order valence-electron chi connectivity index (χ1n) is 9.04. The SMILES string of the molecule is O=C(Cc1ccc(-c2ccn3ncnc3c2)cc1)NC12CC(C(F)(F)F)(C1)C2. The number of hydrogen-bond donors (Lipinski definition) is 1. The van der Waals surface area contributed by atoms with Gasteiger partial charge in [-0.1, -0.05) is 24.3 Å². The lowest BCUT2D eigenvalue weighted by atomic mass is 9.39. The van der Waals surface area contributed by atoms with Crippen LogP contribution in [0.3, 0.4) is 0 Å². The Morgan fingerprint density at radius 2 is 1.82 bits per heavy atom. The van der Waals surface area contributed by atoms with Gasteiger partial charge in [-0.15, -0.1) is 0 Å². The van der Waals surface area contributed by atoms with Gasteiger partial charge in [0.05, 0.1) is 11.8 Å². The highest BCUT2D eigenvalue weighted by atomic mass is 19.4. The highest BCUT2D eigenvalue weighted by Gasteiger charge is 2.78. The van der Waals surface area contributed by atoms with Crippen LogP contribution in [-0.4, -0.2) is 32.2 Å². The van der Waals surface area contributed by atoms with Gasteiger partial charge in [-0.3, -0.25) is 4.79 Å². The fourth-order valence-corrected chi connectivity index (χ4v) is 4.56. The molecule has 3 aliphatic carbocycles. The molecule has 1 amide bonds. The second-order valence-corrected chi connectivity index (χ2v) is 7.99. The van der Waals surface area contributed by atoms with Crippen LogP contribution in [0.15, 0.2) is 48.9 Å². The number of hydrogen-bond acceptors (Lipinski definition) is 3. The van der Waals surface area contributed by atoms with Crippen molar-refractivity contribution in [3.63, 3.8) is 0 Å². The predicted molar refractivity (Wildman–Crippen MR) is 95.3 cm³/mol. The Morgan fingerprint density at radius 1 is 1.11 bits per heavy atom. The minimum atomic E-state index is -4.16. The van der Waals surface area contributed by atoms with Crippen molar-refractivity contribution in [1.29, 1.82) is 0 Å². The lowest BCUT2D eigenvalue weighted by Crippen LogP contribution is -2.78. The summed E-state index contributed by atoms with van der Waals surface area (Å²) in [6.07, 6.45) is -0.646. The molecule has 2 aromatic heterocycles. The molecule has 28 heavy (non-hydrogen) atoms. The van der Waals surface area contributed by atoms with Gasteiger partial charge in [0.2, 0.25) is 5.91 Å². The zero-order chi connectivity index (χ0) is 19.6. The molecule has 3 fully saturated rings. The maximum Gasteiger partial charge on any atom is 0.394 e. The highest BCUT2D eigenvalue weighted by molar-refractivity contribution is 5.80. The lowest BCUT2D eigenvalue weighted by Gasteiger charge is -2.70. The molecule has 0 saturated heterocycles. The Morgan fingerprint density at radius 3 is 2.50 bits per heavy atom. The Kier molecular flexibility index (Phi) is 3.42. The van der Waals surface area contributed by atoms with Gasteiger partial charge in [0.1, 0.15) is 6.33 Å². The number of nitrogens with zero attached hydrogens (tertiary/aromatic N) is 3. The van der Waals surface area contributed by atoms with Crippen molar-refractivity contribution >= 4 is 11.6 Å². The van der Waals surface area contributed by atoms with E-state index in [1.807, 2.05) is 42.6 Å². The summed E-state index contributed by atoms with van der Waals surface area (Å²) in [5.41, 5.74) is 1.36. The van der Waals surface area contributed by atoms with E-state index in [1.165, 1.54) is 6.33 Å². The first kappa shape index (κ1) is 17.2. The average Bonchev–Trinajstić information content (AvgIpc) is 3.04. The van der Waals surface area contributed by atoms with Crippen molar-refractivity contribution in [1.82, 2.24) is 19.9 Å². The molecule has 144 valence electrons. The molecule has 0 atom stereocenters. The summed E-state index contributed by atoms with van der Waals surface area (Å²) in [6, 6.07) is 11.4. The van der Waals surface area contributed by atoms with Gasteiger partial charge in [-0.25, -0.2) is 9.50 Å². The van der Waals surface area contributed by atoms with Gasteiger partial charge < -0.3 is 5.32 Å². The smallest absolute Gasteiger partial charge is 0.350 e. The van der Waals surface area contributed by atoms with E-state index in [2.05, 4.69) is 15.4 Å². The fraction of sp³-hybridized carbons (Fsp3) is 0.350. The molecule has 0 spiro atoms. The van der Waals surface area contributed by atoms with Crippen LogP contribution in [-0.2, 0) is 11.2 Å². The topological polar surface area (TPSA) is 59.3 Å². The minimum absolute atomic E-state index is 0.0132. The summed E-state index contributed by atoms with van der Waals surface area (Å²) in [4.78, 5) is 16.4. The van der Waals surface area contributed by atoms with Crippen LogP contribution in [0.25, 0.3) is 16.8 Å². The summed E-state index contributed by atoms with van der Waals surface area (Å²) < 4.78 is 40.4. The number of carbonyl (C=O) groups excluding carboxylic acids is 1. The number of amides is 1. The van der Waals surface area contributed by atoms with Crippen LogP contribution < -0.4 is 5.32 Å². The van der Waals surface area contributed by atoms with E-state index in [1.54, 1.807) is 4.52 Å². The Bertz CT molecular complexity index is 1050. The van der Waals surface area contributed by atoms with Gasteiger partial charge in [0.25, 0.3) is 0 Å². The molecule has 8 heteroatoms. The highest BCUT2D eigenvalue weighted by Crippen LogP contribution is 2.73. The Labute approximate surface area is 158 Å².